The molecule has 20 heavy (non-hydrogen) atoms. The van der Waals surface area contributed by atoms with Crippen LogP contribution in [0.15, 0.2) is 36.4 Å². The number of rotatable bonds is 2. The molecule has 2 aliphatic rings. The average molecular weight is 266 g/mol. The van der Waals surface area contributed by atoms with E-state index in [4.69, 9.17) is 0 Å². The summed E-state index contributed by atoms with van der Waals surface area (Å²) in [6, 6.07) is 11.4. The van der Waals surface area contributed by atoms with Gasteiger partial charge in [-0.25, -0.2) is 4.39 Å². The molecule has 0 atom stereocenters. The van der Waals surface area contributed by atoms with E-state index >= 15 is 0 Å². The normalized spacial score (nSPS) is 17.4. The van der Waals surface area contributed by atoms with Crippen LogP contribution < -0.4 is 0 Å². The number of fused-ring (bicyclic) bond motifs is 1. The quantitative estimate of drug-likeness (QED) is 0.782. The minimum atomic E-state index is -0.0958. The topological polar surface area (TPSA) is 17.1 Å². The van der Waals surface area contributed by atoms with Crippen molar-refractivity contribution in [2.24, 2.45) is 0 Å². The van der Waals surface area contributed by atoms with Crippen LogP contribution in [0.3, 0.4) is 0 Å². The highest BCUT2D eigenvalue weighted by molar-refractivity contribution is 6.00. The molecule has 0 unspecified atom stereocenters. The summed E-state index contributed by atoms with van der Waals surface area (Å²) >= 11 is 0. The van der Waals surface area contributed by atoms with Crippen LogP contribution in [0, 0.1) is 5.82 Å². The number of carbonyl (C=O) groups is 1. The molecule has 2 aliphatic carbocycles. The summed E-state index contributed by atoms with van der Waals surface area (Å²) in [4.78, 5) is 11.6. The highest BCUT2D eigenvalue weighted by Crippen LogP contribution is 2.42. The Morgan fingerprint density at radius 1 is 0.950 bits per heavy atom. The smallest absolute Gasteiger partial charge is 0.163 e. The van der Waals surface area contributed by atoms with E-state index in [9.17, 15) is 9.18 Å². The van der Waals surface area contributed by atoms with Crippen LogP contribution in [-0.2, 0) is 6.42 Å². The van der Waals surface area contributed by atoms with Gasteiger partial charge < -0.3 is 0 Å². The minimum absolute atomic E-state index is 0.0958. The van der Waals surface area contributed by atoms with Crippen LogP contribution in [0.4, 0.5) is 4.39 Å². The van der Waals surface area contributed by atoms with Gasteiger partial charge in [0.15, 0.2) is 5.78 Å². The van der Waals surface area contributed by atoms with Crippen molar-refractivity contribution in [1.82, 2.24) is 0 Å². The predicted molar refractivity (Wildman–Crippen MR) is 76.5 cm³/mol. The van der Waals surface area contributed by atoms with Gasteiger partial charge in [-0.3, -0.25) is 4.79 Å². The Labute approximate surface area is 117 Å². The molecule has 2 aromatic rings. The summed E-state index contributed by atoms with van der Waals surface area (Å²) < 4.78 is 14.1. The van der Waals surface area contributed by atoms with Crippen molar-refractivity contribution in [2.75, 3.05) is 0 Å². The lowest BCUT2D eigenvalue weighted by atomic mass is 9.98. The molecule has 0 bridgehead atoms. The maximum absolute atomic E-state index is 14.1. The Morgan fingerprint density at radius 2 is 1.70 bits per heavy atom. The van der Waals surface area contributed by atoms with E-state index < -0.39 is 0 Å². The SMILES string of the molecule is O=C1CCc2cc(-c3ccc(C4CC4)c(F)c3)ccc21. The summed E-state index contributed by atoms with van der Waals surface area (Å²) in [5.74, 6) is 0.560. The number of hydrogen-bond donors (Lipinski definition) is 0. The van der Waals surface area contributed by atoms with Gasteiger partial charge in [0.2, 0.25) is 0 Å². The Morgan fingerprint density at radius 3 is 2.45 bits per heavy atom. The van der Waals surface area contributed by atoms with Crippen molar-refractivity contribution in [3.05, 3.63) is 58.9 Å². The van der Waals surface area contributed by atoms with Gasteiger partial charge in [-0.15, -0.1) is 0 Å². The van der Waals surface area contributed by atoms with Crippen LogP contribution in [0.5, 0.6) is 0 Å². The van der Waals surface area contributed by atoms with Crippen LogP contribution >= 0.6 is 0 Å². The zero-order valence-corrected chi connectivity index (χ0v) is 11.2. The lowest BCUT2D eigenvalue weighted by molar-refractivity contribution is 0.0994. The van der Waals surface area contributed by atoms with Gasteiger partial charge >= 0.3 is 0 Å². The highest BCUT2D eigenvalue weighted by Gasteiger charge is 2.26. The van der Waals surface area contributed by atoms with E-state index in [1.54, 1.807) is 6.07 Å². The molecule has 2 heteroatoms. The van der Waals surface area contributed by atoms with E-state index in [2.05, 4.69) is 0 Å². The van der Waals surface area contributed by atoms with Crippen molar-refractivity contribution in [3.63, 3.8) is 0 Å². The van der Waals surface area contributed by atoms with Gasteiger partial charge in [0.1, 0.15) is 5.82 Å². The second-order valence-corrected chi connectivity index (χ2v) is 5.81. The van der Waals surface area contributed by atoms with Crippen LogP contribution in [-0.4, -0.2) is 5.78 Å². The Kier molecular flexibility index (Phi) is 2.53. The third kappa shape index (κ3) is 1.87. The molecule has 0 spiro atoms. The number of carbonyl (C=O) groups excluding carboxylic acids is 1. The zero-order chi connectivity index (χ0) is 13.7. The minimum Gasteiger partial charge on any atom is -0.294 e. The molecule has 2 aromatic carbocycles. The molecule has 0 aromatic heterocycles. The molecular weight excluding hydrogens is 251 g/mol. The van der Waals surface area contributed by atoms with Crippen LogP contribution in [0.25, 0.3) is 11.1 Å². The molecule has 1 fully saturated rings. The molecular formula is C18H15FO. The van der Waals surface area contributed by atoms with Gasteiger partial charge in [-0.2, -0.15) is 0 Å². The summed E-state index contributed by atoms with van der Waals surface area (Å²) in [5.41, 5.74) is 4.68. The standard InChI is InChI=1S/C18H15FO/c19-17-10-13(3-6-15(17)11-1-2-11)12-4-7-16-14(9-12)5-8-18(16)20/h3-4,6-7,9-11H,1-2,5,8H2. The molecule has 0 heterocycles. The third-order valence-electron chi connectivity index (χ3n) is 4.38. The van der Waals surface area contributed by atoms with Crippen molar-refractivity contribution >= 4 is 5.78 Å². The molecule has 1 saturated carbocycles. The first kappa shape index (κ1) is 11.8. The van der Waals surface area contributed by atoms with Gasteiger partial charge in [0, 0.05) is 12.0 Å². The second kappa shape index (κ2) is 4.27. The van der Waals surface area contributed by atoms with E-state index in [1.165, 1.54) is 0 Å². The van der Waals surface area contributed by atoms with E-state index in [0.717, 1.165) is 47.1 Å². The molecule has 0 radical (unpaired) electrons. The Balaban J connectivity index is 1.74. The largest absolute Gasteiger partial charge is 0.294 e. The van der Waals surface area contributed by atoms with Gasteiger partial charge in [-0.1, -0.05) is 30.3 Å². The summed E-state index contributed by atoms with van der Waals surface area (Å²) in [7, 11) is 0. The fourth-order valence-corrected chi connectivity index (χ4v) is 3.07. The van der Waals surface area contributed by atoms with E-state index in [-0.39, 0.29) is 11.6 Å². The molecule has 0 saturated heterocycles. The van der Waals surface area contributed by atoms with Crippen molar-refractivity contribution in [2.45, 2.75) is 31.6 Å². The van der Waals surface area contributed by atoms with Crippen molar-refractivity contribution in [1.29, 1.82) is 0 Å². The fourth-order valence-electron chi connectivity index (χ4n) is 3.07. The summed E-state index contributed by atoms with van der Waals surface area (Å²) in [5, 5.41) is 0. The highest BCUT2D eigenvalue weighted by atomic mass is 19.1. The monoisotopic (exact) mass is 266 g/mol. The molecule has 100 valence electrons. The van der Waals surface area contributed by atoms with Gasteiger partial charge in [0.05, 0.1) is 0 Å². The van der Waals surface area contributed by atoms with E-state index in [0.29, 0.717) is 12.3 Å². The number of halogens is 1. The number of ketones is 1. The van der Waals surface area contributed by atoms with E-state index in [1.807, 2.05) is 30.3 Å². The van der Waals surface area contributed by atoms with Crippen LogP contribution in [0.2, 0.25) is 0 Å². The van der Waals surface area contributed by atoms with Crippen LogP contribution in [0.1, 0.15) is 46.7 Å². The molecule has 4 rings (SSSR count). The number of Topliss-reactive ketones (excluding diaryl/α,β-unsaturated/α-hetero) is 1. The molecule has 0 aliphatic heterocycles. The lowest BCUT2D eigenvalue weighted by Gasteiger charge is -2.07. The molecule has 0 amide bonds. The third-order valence-corrected chi connectivity index (χ3v) is 4.38. The fraction of sp³-hybridized carbons (Fsp3) is 0.278. The molecule has 1 nitrogen and oxygen atoms in total. The zero-order valence-electron chi connectivity index (χ0n) is 11.2. The van der Waals surface area contributed by atoms with Crippen molar-refractivity contribution < 1.29 is 9.18 Å². The lowest BCUT2D eigenvalue weighted by Crippen LogP contribution is -1.92. The first-order chi connectivity index (χ1) is 9.72. The Bertz CT molecular complexity index is 713. The maximum atomic E-state index is 14.1. The summed E-state index contributed by atoms with van der Waals surface area (Å²) in [6.45, 7) is 0. The van der Waals surface area contributed by atoms with Crippen molar-refractivity contribution in [3.8, 4) is 11.1 Å². The Hall–Kier alpha value is -1.96. The second-order valence-electron chi connectivity index (χ2n) is 5.81. The average Bonchev–Trinajstić information content (AvgIpc) is 3.23. The number of hydrogen-bond acceptors (Lipinski definition) is 1. The summed E-state index contributed by atoms with van der Waals surface area (Å²) in [6.07, 6.45) is 3.63. The maximum Gasteiger partial charge on any atom is 0.163 e. The number of benzene rings is 2. The predicted octanol–water partition coefficient (Wildman–Crippen LogP) is 4.50. The van der Waals surface area contributed by atoms with Gasteiger partial charge in [0.25, 0.3) is 0 Å². The first-order valence-corrected chi connectivity index (χ1v) is 7.18. The number of aryl methyl sites for hydroxylation is 1. The first-order valence-electron chi connectivity index (χ1n) is 7.18. The van der Waals surface area contributed by atoms with Gasteiger partial charge in [-0.05, 0) is 53.5 Å². The molecule has 0 N–H and O–H groups in total.